The van der Waals surface area contributed by atoms with Crippen LogP contribution in [0.25, 0.3) is 0 Å². The first-order valence-electron chi connectivity index (χ1n) is 10.1. The van der Waals surface area contributed by atoms with E-state index in [9.17, 15) is 4.79 Å². The lowest BCUT2D eigenvalue weighted by atomic mass is 10.0. The fourth-order valence-electron chi connectivity index (χ4n) is 3.93. The van der Waals surface area contributed by atoms with Crippen LogP contribution in [-0.4, -0.2) is 34.3 Å². The van der Waals surface area contributed by atoms with E-state index in [0.717, 1.165) is 29.3 Å². The monoisotopic (exact) mass is 435 g/mol. The van der Waals surface area contributed by atoms with Crippen LogP contribution in [0.4, 0.5) is 11.4 Å². The number of rotatable bonds is 7. The fourth-order valence-corrected chi connectivity index (χ4v) is 4.28. The van der Waals surface area contributed by atoms with Crippen molar-refractivity contribution in [2.45, 2.75) is 25.6 Å². The van der Waals surface area contributed by atoms with Gasteiger partial charge in [0.2, 0.25) is 5.91 Å². The molecule has 0 bridgehead atoms. The van der Waals surface area contributed by atoms with E-state index in [1.165, 1.54) is 6.92 Å². The van der Waals surface area contributed by atoms with E-state index in [4.69, 9.17) is 17.0 Å². The number of aromatic nitrogens is 2. The fraction of sp³-hybridized carbons (Fsp3) is 0.261. The van der Waals surface area contributed by atoms with E-state index >= 15 is 0 Å². The number of benzene rings is 1. The lowest BCUT2D eigenvalue weighted by Gasteiger charge is -2.29. The van der Waals surface area contributed by atoms with Gasteiger partial charge in [-0.25, -0.2) is 0 Å². The molecule has 1 aliphatic rings. The number of carbonyl (C=O) groups is 1. The first-order valence-corrected chi connectivity index (χ1v) is 10.5. The van der Waals surface area contributed by atoms with Gasteiger partial charge in [-0.3, -0.25) is 9.78 Å². The van der Waals surface area contributed by atoms with Gasteiger partial charge in [0.25, 0.3) is 0 Å². The van der Waals surface area contributed by atoms with E-state index in [-0.39, 0.29) is 18.0 Å². The zero-order chi connectivity index (χ0) is 21.8. The topological polar surface area (TPSA) is 71.4 Å². The summed E-state index contributed by atoms with van der Waals surface area (Å²) < 4.78 is 7.49. The molecule has 2 atom stereocenters. The molecular formula is C23H25N5O2S. The molecule has 1 aromatic carbocycles. The molecule has 3 aromatic rings. The number of amides is 1. The average Bonchev–Trinajstić information content (AvgIpc) is 3.36. The van der Waals surface area contributed by atoms with Gasteiger partial charge in [0.05, 0.1) is 18.3 Å². The summed E-state index contributed by atoms with van der Waals surface area (Å²) in [7, 11) is 1.70. The summed E-state index contributed by atoms with van der Waals surface area (Å²) in [5, 5.41) is 6.91. The Morgan fingerprint density at radius 1 is 1.19 bits per heavy atom. The van der Waals surface area contributed by atoms with Crippen molar-refractivity contribution >= 4 is 34.6 Å². The lowest BCUT2D eigenvalue weighted by molar-refractivity contribution is -0.114. The normalized spacial score (nSPS) is 18.1. The predicted octanol–water partition coefficient (Wildman–Crippen LogP) is 3.67. The lowest BCUT2D eigenvalue weighted by Crippen LogP contribution is -2.30. The molecule has 2 N–H and O–H groups in total. The van der Waals surface area contributed by atoms with Crippen LogP contribution < -0.4 is 15.5 Å². The molecule has 3 heterocycles. The Kier molecular flexibility index (Phi) is 6.29. The van der Waals surface area contributed by atoms with E-state index in [2.05, 4.69) is 37.3 Å². The number of methoxy groups -OCH3 is 1. The van der Waals surface area contributed by atoms with E-state index < -0.39 is 0 Å². The van der Waals surface area contributed by atoms with Crippen LogP contribution in [0.15, 0.2) is 67.0 Å². The molecule has 2 aromatic heterocycles. The molecule has 7 nitrogen and oxygen atoms in total. The minimum absolute atomic E-state index is 0.0964. The Morgan fingerprint density at radius 3 is 2.68 bits per heavy atom. The molecule has 1 saturated heterocycles. The average molecular weight is 436 g/mol. The molecule has 1 aliphatic heterocycles. The SMILES string of the molecule is COCCn1cccc1[C@@H]1[C@H](c2ccccn2)NC(=S)N1c1ccc(NC(C)=O)cc1. The number of hydrogen-bond donors (Lipinski definition) is 2. The number of nitrogens with one attached hydrogen (secondary N) is 2. The summed E-state index contributed by atoms with van der Waals surface area (Å²) in [5.74, 6) is -0.102. The van der Waals surface area contributed by atoms with Crippen molar-refractivity contribution in [1.29, 1.82) is 0 Å². The number of anilines is 2. The second-order valence-electron chi connectivity index (χ2n) is 7.34. The van der Waals surface area contributed by atoms with Crippen molar-refractivity contribution < 1.29 is 9.53 Å². The second kappa shape index (κ2) is 9.28. The number of hydrogen-bond acceptors (Lipinski definition) is 4. The van der Waals surface area contributed by atoms with Crippen LogP contribution in [0.2, 0.25) is 0 Å². The third-order valence-electron chi connectivity index (χ3n) is 5.27. The molecule has 0 aliphatic carbocycles. The highest BCUT2D eigenvalue weighted by Crippen LogP contribution is 2.41. The maximum atomic E-state index is 11.4. The van der Waals surface area contributed by atoms with Gasteiger partial charge in [-0.05, 0) is 60.7 Å². The van der Waals surface area contributed by atoms with Crippen LogP contribution in [0.3, 0.4) is 0 Å². The summed E-state index contributed by atoms with van der Waals surface area (Å²) in [6.45, 7) is 2.85. The summed E-state index contributed by atoms with van der Waals surface area (Å²) in [4.78, 5) is 18.1. The zero-order valence-electron chi connectivity index (χ0n) is 17.5. The van der Waals surface area contributed by atoms with Gasteiger partial charge in [-0.15, -0.1) is 0 Å². The van der Waals surface area contributed by atoms with Crippen molar-refractivity contribution in [2.24, 2.45) is 0 Å². The third kappa shape index (κ3) is 4.45. The van der Waals surface area contributed by atoms with Gasteiger partial charge in [0, 0.05) is 50.0 Å². The molecule has 8 heteroatoms. The van der Waals surface area contributed by atoms with Crippen LogP contribution in [0.5, 0.6) is 0 Å². The highest BCUT2D eigenvalue weighted by molar-refractivity contribution is 7.80. The number of ether oxygens (including phenoxy) is 1. The van der Waals surface area contributed by atoms with Crippen LogP contribution in [0.1, 0.15) is 30.4 Å². The van der Waals surface area contributed by atoms with Crippen molar-refractivity contribution in [3.63, 3.8) is 0 Å². The van der Waals surface area contributed by atoms with Crippen LogP contribution >= 0.6 is 12.2 Å². The van der Waals surface area contributed by atoms with E-state index in [1.54, 1.807) is 13.3 Å². The summed E-state index contributed by atoms with van der Waals surface area (Å²) in [5.41, 5.74) is 3.72. The molecule has 1 fully saturated rings. The Labute approximate surface area is 187 Å². The number of nitrogens with zero attached hydrogens (tertiary/aromatic N) is 3. The molecule has 0 spiro atoms. The second-order valence-corrected chi connectivity index (χ2v) is 7.73. The third-order valence-corrected chi connectivity index (χ3v) is 5.58. The first-order chi connectivity index (χ1) is 15.1. The van der Waals surface area contributed by atoms with Crippen LogP contribution in [-0.2, 0) is 16.1 Å². The number of pyridine rings is 1. The van der Waals surface area contributed by atoms with Crippen LogP contribution in [0, 0.1) is 0 Å². The minimum atomic E-state index is -0.111. The smallest absolute Gasteiger partial charge is 0.221 e. The highest BCUT2D eigenvalue weighted by Gasteiger charge is 2.41. The maximum absolute atomic E-state index is 11.4. The van der Waals surface area contributed by atoms with Gasteiger partial charge in [-0.1, -0.05) is 6.07 Å². The van der Waals surface area contributed by atoms with Crippen molar-refractivity contribution in [2.75, 3.05) is 23.9 Å². The zero-order valence-corrected chi connectivity index (χ0v) is 18.3. The minimum Gasteiger partial charge on any atom is -0.383 e. The molecule has 4 rings (SSSR count). The molecule has 160 valence electrons. The summed E-state index contributed by atoms with van der Waals surface area (Å²) in [6, 6.07) is 17.6. The summed E-state index contributed by atoms with van der Waals surface area (Å²) >= 11 is 5.77. The van der Waals surface area contributed by atoms with Gasteiger partial charge in [0.1, 0.15) is 6.04 Å². The van der Waals surface area contributed by atoms with Gasteiger partial charge < -0.3 is 24.8 Å². The largest absolute Gasteiger partial charge is 0.383 e. The van der Waals surface area contributed by atoms with E-state index in [0.29, 0.717) is 11.7 Å². The molecule has 1 amide bonds. The van der Waals surface area contributed by atoms with Gasteiger partial charge in [0.15, 0.2) is 5.11 Å². The molecular weight excluding hydrogens is 410 g/mol. The van der Waals surface area contributed by atoms with Crippen molar-refractivity contribution in [1.82, 2.24) is 14.9 Å². The maximum Gasteiger partial charge on any atom is 0.221 e. The first kappa shape index (κ1) is 21.0. The molecule has 0 saturated carbocycles. The molecule has 31 heavy (non-hydrogen) atoms. The van der Waals surface area contributed by atoms with E-state index in [1.807, 2.05) is 48.5 Å². The summed E-state index contributed by atoms with van der Waals surface area (Å²) in [6.07, 6.45) is 3.86. The Hall–Kier alpha value is -3.23. The number of carbonyl (C=O) groups excluding carboxylic acids is 1. The van der Waals surface area contributed by atoms with Gasteiger partial charge in [-0.2, -0.15) is 0 Å². The highest BCUT2D eigenvalue weighted by atomic mass is 32.1. The number of thiocarbonyl (C=S) groups is 1. The van der Waals surface area contributed by atoms with Gasteiger partial charge >= 0.3 is 0 Å². The Morgan fingerprint density at radius 2 is 2.00 bits per heavy atom. The Bertz CT molecular complexity index is 1050. The molecule has 0 unspecified atom stereocenters. The van der Waals surface area contributed by atoms with Crippen molar-refractivity contribution in [3.8, 4) is 0 Å². The predicted molar refractivity (Wildman–Crippen MR) is 125 cm³/mol. The quantitative estimate of drug-likeness (QED) is 0.552. The molecule has 0 radical (unpaired) electrons. The standard InChI is InChI=1S/C23H25N5O2S/c1-16(29)25-17-8-10-18(11-9-17)28-22(20-7-5-13-27(20)14-15-30-2)21(26-23(28)31)19-6-3-4-12-24-19/h3-13,21-22H,14-15H2,1-2H3,(H,25,29)(H,26,31)/t21-,22+/m0/s1. The van der Waals surface area contributed by atoms with Crippen molar-refractivity contribution in [3.05, 3.63) is 78.4 Å². The Balaban J connectivity index is 1.75.